The Kier molecular flexibility index (Phi) is 8.15. The van der Waals surface area contributed by atoms with Gasteiger partial charge < -0.3 is 4.74 Å². The Morgan fingerprint density at radius 2 is 1.71 bits per heavy atom. The molecule has 0 amide bonds. The van der Waals surface area contributed by atoms with E-state index in [1.807, 2.05) is 0 Å². The van der Waals surface area contributed by atoms with Gasteiger partial charge in [-0.2, -0.15) is 0 Å². The van der Waals surface area contributed by atoms with E-state index in [4.69, 9.17) is 16.3 Å². The molecule has 1 aromatic carbocycles. The maximum atomic E-state index is 13.0. The highest BCUT2D eigenvalue weighted by atomic mass is 35.5. The Morgan fingerprint density at radius 1 is 0.968 bits per heavy atom. The van der Waals surface area contributed by atoms with E-state index in [0.717, 1.165) is 30.1 Å². The molecule has 0 bridgehead atoms. The molecule has 0 heterocycles. The van der Waals surface area contributed by atoms with Crippen molar-refractivity contribution in [2.75, 3.05) is 0 Å². The van der Waals surface area contributed by atoms with Crippen LogP contribution in [0.25, 0.3) is 0 Å². The van der Waals surface area contributed by atoms with Gasteiger partial charge in [-0.05, 0) is 112 Å². The van der Waals surface area contributed by atoms with Crippen LogP contribution in [0.2, 0.25) is 5.02 Å². The predicted molar refractivity (Wildman–Crippen MR) is 128 cm³/mol. The number of hydrogen-bond acceptors (Lipinski definition) is 2. The van der Waals surface area contributed by atoms with Gasteiger partial charge in [0.15, 0.2) is 0 Å². The number of benzene rings is 1. The molecule has 1 aromatic rings. The molecule has 3 heteroatoms. The van der Waals surface area contributed by atoms with E-state index < -0.39 is 0 Å². The molecule has 0 radical (unpaired) electrons. The van der Waals surface area contributed by atoms with E-state index in [0.29, 0.717) is 16.7 Å². The highest BCUT2D eigenvalue weighted by molar-refractivity contribution is 6.30. The van der Waals surface area contributed by atoms with Gasteiger partial charge in [0.05, 0.1) is 5.92 Å². The second-order valence-electron chi connectivity index (χ2n) is 10.3. The van der Waals surface area contributed by atoms with Crippen LogP contribution in [0.1, 0.15) is 84.0 Å². The largest absolute Gasteiger partial charge is 0.426 e. The van der Waals surface area contributed by atoms with E-state index in [1.165, 1.54) is 70.6 Å². The summed E-state index contributed by atoms with van der Waals surface area (Å²) in [5, 5.41) is 0.669. The van der Waals surface area contributed by atoms with Crippen molar-refractivity contribution in [2.45, 2.75) is 84.0 Å². The summed E-state index contributed by atoms with van der Waals surface area (Å²) in [5.74, 6) is 4.71. The third-order valence-corrected chi connectivity index (χ3v) is 8.81. The molecule has 0 aromatic heterocycles. The van der Waals surface area contributed by atoms with Gasteiger partial charge in [-0.15, -0.1) is 0 Å². The third kappa shape index (κ3) is 5.95. The van der Waals surface area contributed by atoms with Crippen LogP contribution in [-0.4, -0.2) is 5.97 Å². The van der Waals surface area contributed by atoms with Gasteiger partial charge in [0, 0.05) is 5.02 Å². The fraction of sp³-hybridized carbons (Fsp3) is 0.679. The van der Waals surface area contributed by atoms with Crippen molar-refractivity contribution in [3.8, 4) is 5.75 Å². The topological polar surface area (TPSA) is 26.3 Å². The quantitative estimate of drug-likeness (QED) is 0.252. The lowest BCUT2D eigenvalue weighted by Gasteiger charge is -2.46. The molecule has 0 spiro atoms. The van der Waals surface area contributed by atoms with Crippen molar-refractivity contribution < 1.29 is 9.53 Å². The Bertz CT molecular complexity index is 732. The number of fused-ring (bicyclic) bond motifs is 1. The van der Waals surface area contributed by atoms with Crippen LogP contribution in [0, 0.1) is 35.5 Å². The van der Waals surface area contributed by atoms with Gasteiger partial charge in [0.2, 0.25) is 0 Å². The zero-order chi connectivity index (χ0) is 21.6. The van der Waals surface area contributed by atoms with Gasteiger partial charge in [0.25, 0.3) is 0 Å². The molecule has 2 nitrogen and oxygen atoms in total. The van der Waals surface area contributed by atoms with Crippen molar-refractivity contribution >= 4 is 17.6 Å². The predicted octanol–water partition coefficient (Wildman–Crippen LogP) is 8.24. The number of carbonyl (C=O) groups excluding carboxylic acids is 1. The van der Waals surface area contributed by atoms with Gasteiger partial charge in [-0.3, -0.25) is 4.79 Å². The number of rotatable bonds is 6. The Labute approximate surface area is 193 Å². The molecular formula is C28H39ClO2. The highest BCUT2D eigenvalue weighted by Crippen LogP contribution is 2.50. The lowest BCUT2D eigenvalue weighted by Crippen LogP contribution is -2.40. The first-order valence-corrected chi connectivity index (χ1v) is 13.1. The molecule has 3 aliphatic rings. The van der Waals surface area contributed by atoms with Gasteiger partial charge in [-0.1, -0.05) is 49.4 Å². The molecule has 31 heavy (non-hydrogen) atoms. The molecule has 0 N–H and O–H groups in total. The number of esters is 1. The lowest BCUT2D eigenvalue weighted by molar-refractivity contribution is -0.144. The van der Waals surface area contributed by atoms with Gasteiger partial charge in [0.1, 0.15) is 5.75 Å². The average molecular weight is 443 g/mol. The van der Waals surface area contributed by atoms with Crippen molar-refractivity contribution in [2.24, 2.45) is 35.5 Å². The summed E-state index contributed by atoms with van der Waals surface area (Å²) in [5.41, 5.74) is 0. The van der Waals surface area contributed by atoms with Crippen LogP contribution in [-0.2, 0) is 4.79 Å². The van der Waals surface area contributed by atoms with E-state index in [1.54, 1.807) is 24.3 Å². The zero-order valence-electron chi connectivity index (χ0n) is 19.1. The third-order valence-electron chi connectivity index (χ3n) is 8.56. The molecule has 4 atom stereocenters. The summed E-state index contributed by atoms with van der Waals surface area (Å²) in [4.78, 5) is 13.0. The molecule has 3 aliphatic carbocycles. The first-order chi connectivity index (χ1) is 15.1. The fourth-order valence-corrected chi connectivity index (χ4v) is 6.99. The standard InChI is InChI=1S/C28H39ClO2/c1-2-3-4-6-20-9-11-21(12-10-20)22-13-18-26-23(19-22)7-5-8-27(26)28(30)31-25-16-14-24(29)15-17-25/h2-3,14-17,20-23,26-27H,4-13,18-19H2,1H3/b3-2+. The molecular weight excluding hydrogens is 404 g/mol. The normalized spacial score (nSPS) is 33.7. The Morgan fingerprint density at radius 3 is 2.45 bits per heavy atom. The van der Waals surface area contributed by atoms with E-state index in [2.05, 4.69) is 19.1 Å². The van der Waals surface area contributed by atoms with Crippen molar-refractivity contribution in [1.29, 1.82) is 0 Å². The summed E-state index contributed by atoms with van der Waals surface area (Å²) in [6.45, 7) is 2.13. The smallest absolute Gasteiger partial charge is 0.314 e. The van der Waals surface area contributed by atoms with E-state index in [-0.39, 0.29) is 11.9 Å². The zero-order valence-corrected chi connectivity index (χ0v) is 19.9. The number of carbonyl (C=O) groups is 1. The number of ether oxygens (including phenoxy) is 1. The minimum atomic E-state index is -0.0166. The summed E-state index contributed by atoms with van der Waals surface area (Å²) in [6.07, 6.45) is 20.3. The molecule has 4 unspecified atom stereocenters. The Hall–Kier alpha value is -1.28. The van der Waals surface area contributed by atoms with Crippen LogP contribution >= 0.6 is 11.6 Å². The van der Waals surface area contributed by atoms with Gasteiger partial charge >= 0.3 is 5.97 Å². The molecule has 3 fully saturated rings. The molecule has 0 aliphatic heterocycles. The molecule has 0 saturated heterocycles. The highest BCUT2D eigenvalue weighted by Gasteiger charge is 2.43. The van der Waals surface area contributed by atoms with Crippen molar-refractivity contribution in [3.05, 3.63) is 41.4 Å². The second-order valence-corrected chi connectivity index (χ2v) is 10.8. The first kappa shape index (κ1) is 22.9. The number of halogens is 1. The van der Waals surface area contributed by atoms with Crippen molar-refractivity contribution in [1.82, 2.24) is 0 Å². The second kappa shape index (κ2) is 11.0. The maximum Gasteiger partial charge on any atom is 0.314 e. The molecule has 4 rings (SSSR count). The van der Waals surface area contributed by atoms with Crippen molar-refractivity contribution in [3.63, 3.8) is 0 Å². The van der Waals surface area contributed by atoms with E-state index in [9.17, 15) is 4.79 Å². The SMILES string of the molecule is C/C=C/CCC1CCC(C2CCC3C(CCCC3C(=O)Oc3ccc(Cl)cc3)C2)CC1. The van der Waals surface area contributed by atoms with Crippen LogP contribution < -0.4 is 4.74 Å². The summed E-state index contributed by atoms with van der Waals surface area (Å²) in [6, 6.07) is 7.17. The molecule has 170 valence electrons. The van der Waals surface area contributed by atoms with Crippen LogP contribution in [0.4, 0.5) is 0 Å². The number of hydrogen-bond donors (Lipinski definition) is 0. The summed E-state index contributed by atoms with van der Waals surface area (Å²) < 4.78 is 5.75. The Balaban J connectivity index is 1.28. The van der Waals surface area contributed by atoms with E-state index >= 15 is 0 Å². The average Bonchev–Trinajstić information content (AvgIpc) is 2.80. The molecule has 3 saturated carbocycles. The first-order valence-electron chi connectivity index (χ1n) is 12.7. The number of allylic oxidation sites excluding steroid dienone is 2. The minimum Gasteiger partial charge on any atom is -0.426 e. The van der Waals surface area contributed by atoms with Gasteiger partial charge in [-0.25, -0.2) is 0 Å². The van der Waals surface area contributed by atoms with Crippen LogP contribution in [0.3, 0.4) is 0 Å². The lowest BCUT2D eigenvalue weighted by atomic mass is 9.59. The monoisotopic (exact) mass is 442 g/mol. The summed E-state index contributed by atoms with van der Waals surface area (Å²) in [7, 11) is 0. The van der Waals surface area contributed by atoms with Crippen LogP contribution in [0.15, 0.2) is 36.4 Å². The maximum absolute atomic E-state index is 13.0. The fourth-order valence-electron chi connectivity index (χ4n) is 6.86. The van der Waals surface area contributed by atoms with Crippen LogP contribution in [0.5, 0.6) is 5.75 Å². The minimum absolute atomic E-state index is 0.0166. The summed E-state index contributed by atoms with van der Waals surface area (Å²) >= 11 is 5.96.